The van der Waals surface area contributed by atoms with E-state index >= 15 is 0 Å². The molecule has 0 atom stereocenters. The molecule has 10 heteroatoms. The van der Waals surface area contributed by atoms with E-state index in [1.54, 1.807) is 0 Å². The first-order valence-corrected chi connectivity index (χ1v) is 7.43. The SMILES string of the molecule is Cc1ccccc1C(=O)NC(Nc1ccc(F)cc1)(C(F)(F)F)C(F)(F)F. The predicted octanol–water partition coefficient (Wildman–Crippen LogP) is 4.80. The molecule has 0 unspecified atom stereocenters. The fourth-order valence-corrected chi connectivity index (χ4v) is 2.29. The van der Waals surface area contributed by atoms with Gasteiger partial charge in [-0.2, -0.15) is 26.3 Å². The van der Waals surface area contributed by atoms with E-state index in [1.807, 2.05) is 0 Å². The molecule has 0 heterocycles. The molecule has 0 saturated carbocycles. The van der Waals surface area contributed by atoms with Crippen LogP contribution in [-0.2, 0) is 0 Å². The number of alkyl halides is 6. The van der Waals surface area contributed by atoms with E-state index in [1.165, 1.54) is 30.4 Å². The fraction of sp³-hybridized carbons (Fsp3) is 0.235. The summed E-state index contributed by atoms with van der Waals surface area (Å²) in [5, 5.41) is 2.31. The van der Waals surface area contributed by atoms with Crippen LogP contribution in [0, 0.1) is 12.7 Å². The maximum Gasteiger partial charge on any atom is 0.439 e. The van der Waals surface area contributed by atoms with Gasteiger partial charge < -0.3 is 10.6 Å². The molecule has 0 aromatic heterocycles. The zero-order valence-electron chi connectivity index (χ0n) is 13.7. The van der Waals surface area contributed by atoms with Crippen LogP contribution in [0.3, 0.4) is 0 Å². The molecule has 0 fully saturated rings. The van der Waals surface area contributed by atoms with Crippen LogP contribution in [0.15, 0.2) is 48.5 Å². The lowest BCUT2D eigenvalue weighted by Gasteiger charge is -2.39. The first-order chi connectivity index (χ1) is 12.4. The van der Waals surface area contributed by atoms with Crippen LogP contribution < -0.4 is 10.6 Å². The Hall–Kier alpha value is -2.78. The van der Waals surface area contributed by atoms with Crippen molar-refractivity contribution in [1.29, 1.82) is 0 Å². The molecule has 2 aromatic rings. The topological polar surface area (TPSA) is 41.1 Å². The van der Waals surface area contributed by atoms with Crippen molar-refractivity contribution in [2.45, 2.75) is 24.9 Å². The van der Waals surface area contributed by atoms with Gasteiger partial charge in [-0.3, -0.25) is 4.79 Å². The highest BCUT2D eigenvalue weighted by atomic mass is 19.4. The van der Waals surface area contributed by atoms with Crippen LogP contribution in [0.5, 0.6) is 0 Å². The second kappa shape index (κ2) is 7.09. The fourth-order valence-electron chi connectivity index (χ4n) is 2.29. The minimum atomic E-state index is -5.96. The predicted molar refractivity (Wildman–Crippen MR) is 83.5 cm³/mol. The van der Waals surface area contributed by atoms with Gasteiger partial charge in [-0.15, -0.1) is 0 Å². The number of halogens is 7. The van der Waals surface area contributed by atoms with Crippen molar-refractivity contribution in [3.8, 4) is 0 Å². The van der Waals surface area contributed by atoms with Crippen molar-refractivity contribution >= 4 is 11.6 Å². The third-order valence-corrected chi connectivity index (χ3v) is 3.72. The summed E-state index contributed by atoms with van der Waals surface area (Å²) in [5.74, 6) is -2.42. The maximum atomic E-state index is 13.5. The minimum absolute atomic E-state index is 0.190. The second-order valence-corrected chi connectivity index (χ2v) is 5.65. The van der Waals surface area contributed by atoms with Gasteiger partial charge in [0.25, 0.3) is 5.91 Å². The van der Waals surface area contributed by atoms with E-state index in [0.717, 1.165) is 11.4 Å². The number of hydrogen-bond acceptors (Lipinski definition) is 2. The van der Waals surface area contributed by atoms with E-state index in [9.17, 15) is 35.5 Å². The van der Waals surface area contributed by atoms with Gasteiger partial charge in [0.1, 0.15) is 5.82 Å². The Labute approximate surface area is 149 Å². The molecule has 0 spiro atoms. The minimum Gasteiger partial charge on any atom is -0.348 e. The summed E-state index contributed by atoms with van der Waals surface area (Å²) in [6.45, 7) is 1.37. The summed E-state index contributed by atoms with van der Waals surface area (Å²) in [6, 6.07) is 8.00. The summed E-state index contributed by atoms with van der Waals surface area (Å²) in [4.78, 5) is 12.2. The highest BCUT2D eigenvalue weighted by molar-refractivity contribution is 5.96. The molecule has 0 radical (unpaired) electrons. The largest absolute Gasteiger partial charge is 0.439 e. The van der Waals surface area contributed by atoms with Gasteiger partial charge in [-0.05, 0) is 42.8 Å². The molecular formula is C17H13F7N2O. The molecule has 0 aliphatic heterocycles. The number of carbonyl (C=O) groups excluding carboxylic acids is 1. The number of hydrogen-bond donors (Lipinski definition) is 2. The first kappa shape index (κ1) is 20.5. The Morgan fingerprint density at radius 2 is 1.37 bits per heavy atom. The Morgan fingerprint density at radius 3 is 1.85 bits per heavy atom. The van der Waals surface area contributed by atoms with Crippen LogP contribution in [0.2, 0.25) is 0 Å². The van der Waals surface area contributed by atoms with E-state index in [-0.39, 0.29) is 11.1 Å². The number of anilines is 1. The maximum absolute atomic E-state index is 13.5. The average Bonchev–Trinajstić information content (AvgIpc) is 2.54. The smallest absolute Gasteiger partial charge is 0.348 e. The molecule has 3 nitrogen and oxygen atoms in total. The van der Waals surface area contributed by atoms with Crippen LogP contribution in [0.25, 0.3) is 0 Å². The van der Waals surface area contributed by atoms with Gasteiger partial charge in [-0.25, -0.2) is 4.39 Å². The van der Waals surface area contributed by atoms with Crippen LogP contribution in [0.4, 0.5) is 36.4 Å². The Bertz CT molecular complexity index is 799. The zero-order valence-corrected chi connectivity index (χ0v) is 13.7. The van der Waals surface area contributed by atoms with Crippen molar-refractivity contribution in [1.82, 2.24) is 5.32 Å². The van der Waals surface area contributed by atoms with Crippen molar-refractivity contribution in [3.63, 3.8) is 0 Å². The molecular weight excluding hydrogens is 381 g/mol. The average molecular weight is 394 g/mol. The third kappa shape index (κ3) is 4.15. The van der Waals surface area contributed by atoms with Crippen molar-refractivity contribution in [2.24, 2.45) is 0 Å². The number of rotatable bonds is 4. The molecule has 27 heavy (non-hydrogen) atoms. The molecule has 0 saturated heterocycles. The standard InChI is InChI=1S/C17H13F7N2O/c1-10-4-2-3-5-13(10)14(27)26-15(16(19,20)21,17(22,23)24)25-12-8-6-11(18)7-9-12/h2-9,25H,1H3,(H,26,27). The summed E-state index contributed by atoms with van der Waals surface area (Å²) >= 11 is 0. The number of benzene rings is 2. The van der Waals surface area contributed by atoms with Crippen molar-refractivity contribution in [2.75, 3.05) is 5.32 Å². The molecule has 2 aromatic carbocycles. The summed E-state index contributed by atoms with van der Waals surface area (Å²) in [5.41, 5.74) is -5.63. The molecule has 146 valence electrons. The Kier molecular flexibility index (Phi) is 5.39. The first-order valence-electron chi connectivity index (χ1n) is 7.43. The van der Waals surface area contributed by atoms with E-state index < -0.39 is 35.4 Å². The lowest BCUT2D eigenvalue weighted by atomic mass is 10.0. The second-order valence-electron chi connectivity index (χ2n) is 5.65. The summed E-state index contributed by atoms with van der Waals surface area (Å²) in [7, 11) is 0. The van der Waals surface area contributed by atoms with Crippen LogP contribution >= 0.6 is 0 Å². The van der Waals surface area contributed by atoms with Gasteiger partial charge in [0.15, 0.2) is 0 Å². The van der Waals surface area contributed by atoms with E-state index in [0.29, 0.717) is 24.3 Å². The number of amides is 1. The molecule has 2 rings (SSSR count). The summed E-state index contributed by atoms with van der Waals surface area (Å²) in [6.07, 6.45) is -11.9. The van der Waals surface area contributed by atoms with Gasteiger partial charge in [0.2, 0.25) is 0 Å². The summed E-state index contributed by atoms with van der Waals surface area (Å²) < 4.78 is 94.2. The van der Waals surface area contributed by atoms with Crippen molar-refractivity contribution in [3.05, 3.63) is 65.5 Å². The lowest BCUT2D eigenvalue weighted by molar-refractivity contribution is -0.294. The lowest BCUT2D eigenvalue weighted by Crippen LogP contribution is -2.72. The molecule has 0 bridgehead atoms. The van der Waals surface area contributed by atoms with Crippen LogP contribution in [0.1, 0.15) is 15.9 Å². The monoisotopic (exact) mass is 394 g/mol. The Morgan fingerprint density at radius 1 is 0.852 bits per heavy atom. The van der Waals surface area contributed by atoms with E-state index in [4.69, 9.17) is 0 Å². The van der Waals surface area contributed by atoms with E-state index in [2.05, 4.69) is 0 Å². The quantitative estimate of drug-likeness (QED) is 0.578. The highest BCUT2D eigenvalue weighted by Gasteiger charge is 2.72. The highest BCUT2D eigenvalue weighted by Crippen LogP contribution is 2.43. The molecule has 0 aliphatic rings. The van der Waals surface area contributed by atoms with Gasteiger partial charge in [0.05, 0.1) is 0 Å². The number of nitrogens with one attached hydrogen (secondary N) is 2. The van der Waals surface area contributed by atoms with Crippen molar-refractivity contribution < 1.29 is 35.5 Å². The van der Waals surface area contributed by atoms with Gasteiger partial charge >= 0.3 is 18.0 Å². The normalized spacial score (nSPS) is 12.6. The number of aryl methyl sites for hydroxylation is 1. The van der Waals surface area contributed by atoms with Crippen LogP contribution in [-0.4, -0.2) is 23.9 Å². The number of carbonyl (C=O) groups is 1. The Balaban J connectivity index is 2.53. The molecule has 2 N–H and O–H groups in total. The zero-order chi connectivity index (χ0) is 20.5. The van der Waals surface area contributed by atoms with Gasteiger partial charge in [-0.1, -0.05) is 18.2 Å². The third-order valence-electron chi connectivity index (χ3n) is 3.72. The molecule has 1 amide bonds. The molecule has 0 aliphatic carbocycles. The van der Waals surface area contributed by atoms with Gasteiger partial charge in [0, 0.05) is 11.3 Å².